The van der Waals surface area contributed by atoms with Crippen LogP contribution in [0, 0.1) is 17.8 Å². The van der Waals surface area contributed by atoms with Gasteiger partial charge in [0.15, 0.2) is 0 Å². The molecule has 0 heterocycles. The van der Waals surface area contributed by atoms with Crippen LogP contribution < -0.4 is 10.6 Å². The summed E-state index contributed by atoms with van der Waals surface area (Å²) in [6, 6.07) is 0.331. The second-order valence-electron chi connectivity index (χ2n) is 5.86. The third-order valence-electron chi connectivity index (χ3n) is 4.59. The van der Waals surface area contributed by atoms with Gasteiger partial charge in [-0.25, -0.2) is 0 Å². The van der Waals surface area contributed by atoms with Crippen LogP contribution in [0.4, 0.5) is 0 Å². The van der Waals surface area contributed by atoms with Gasteiger partial charge in [-0.2, -0.15) is 0 Å². The standard InChI is InChI=1S/C14H26N2O2/c1-10(13-8-11-3-4-12(13)7-11)16-14(17)9-15-5-6-18-2/h10-13,15H,3-9H2,1-2H3,(H,16,17)/t10-,11+,12+,13+/m1/s1. The van der Waals surface area contributed by atoms with Crippen LogP contribution in [-0.4, -0.2) is 38.8 Å². The molecule has 18 heavy (non-hydrogen) atoms. The molecule has 2 aliphatic carbocycles. The number of amides is 1. The first kappa shape index (κ1) is 13.8. The summed E-state index contributed by atoms with van der Waals surface area (Å²) in [4.78, 5) is 11.8. The van der Waals surface area contributed by atoms with E-state index in [1.807, 2.05) is 0 Å². The lowest BCUT2D eigenvalue weighted by atomic mass is 9.84. The molecule has 2 bridgehead atoms. The van der Waals surface area contributed by atoms with Crippen molar-refractivity contribution in [1.29, 1.82) is 0 Å². The molecule has 0 aromatic heterocycles. The van der Waals surface area contributed by atoms with Gasteiger partial charge in [0.25, 0.3) is 0 Å². The van der Waals surface area contributed by atoms with Crippen LogP contribution in [-0.2, 0) is 9.53 Å². The van der Waals surface area contributed by atoms with Crippen molar-refractivity contribution in [1.82, 2.24) is 10.6 Å². The Morgan fingerprint density at radius 3 is 2.83 bits per heavy atom. The SMILES string of the molecule is COCCNCC(=O)N[C@H](C)[C@@H]1C[C@H]2CC[C@H]1C2. The predicted molar refractivity (Wildman–Crippen MR) is 71.3 cm³/mol. The molecule has 2 rings (SSSR count). The molecule has 0 aromatic carbocycles. The van der Waals surface area contributed by atoms with Crippen molar-refractivity contribution in [2.24, 2.45) is 17.8 Å². The van der Waals surface area contributed by atoms with Crippen molar-refractivity contribution in [3.63, 3.8) is 0 Å². The summed E-state index contributed by atoms with van der Waals surface area (Å²) >= 11 is 0. The highest BCUT2D eigenvalue weighted by molar-refractivity contribution is 5.78. The number of carbonyl (C=O) groups is 1. The molecule has 0 unspecified atom stereocenters. The summed E-state index contributed by atoms with van der Waals surface area (Å²) in [5.74, 6) is 2.64. The summed E-state index contributed by atoms with van der Waals surface area (Å²) in [6.45, 7) is 3.94. The van der Waals surface area contributed by atoms with Crippen molar-refractivity contribution < 1.29 is 9.53 Å². The maximum absolute atomic E-state index is 11.8. The van der Waals surface area contributed by atoms with Crippen LogP contribution in [0.15, 0.2) is 0 Å². The highest BCUT2D eigenvalue weighted by Crippen LogP contribution is 2.49. The Balaban J connectivity index is 1.64. The molecule has 0 radical (unpaired) electrons. The van der Waals surface area contributed by atoms with Crippen LogP contribution in [0.25, 0.3) is 0 Å². The van der Waals surface area contributed by atoms with E-state index in [1.165, 1.54) is 25.7 Å². The lowest BCUT2D eigenvalue weighted by Gasteiger charge is -2.28. The highest BCUT2D eigenvalue weighted by atomic mass is 16.5. The zero-order chi connectivity index (χ0) is 13.0. The Kier molecular flexibility index (Phi) is 5.01. The first-order valence-electron chi connectivity index (χ1n) is 7.19. The number of carbonyl (C=O) groups excluding carboxylic acids is 1. The highest BCUT2D eigenvalue weighted by Gasteiger charge is 2.41. The van der Waals surface area contributed by atoms with Crippen LogP contribution >= 0.6 is 0 Å². The number of ether oxygens (including phenoxy) is 1. The molecule has 4 heteroatoms. The summed E-state index contributed by atoms with van der Waals surface area (Å²) in [5, 5.41) is 6.22. The summed E-state index contributed by atoms with van der Waals surface area (Å²) in [7, 11) is 1.67. The number of rotatable bonds is 7. The molecule has 4 atom stereocenters. The van der Waals surface area contributed by atoms with Crippen molar-refractivity contribution in [3.8, 4) is 0 Å². The fraction of sp³-hybridized carbons (Fsp3) is 0.929. The van der Waals surface area contributed by atoms with Gasteiger partial charge < -0.3 is 15.4 Å². The molecule has 104 valence electrons. The molecule has 4 nitrogen and oxygen atoms in total. The molecule has 1 amide bonds. The van der Waals surface area contributed by atoms with E-state index in [2.05, 4.69) is 17.6 Å². The molecule has 2 fully saturated rings. The van der Waals surface area contributed by atoms with E-state index in [0.717, 1.165) is 18.4 Å². The van der Waals surface area contributed by atoms with Gasteiger partial charge in [0.05, 0.1) is 13.2 Å². The molecule has 0 aliphatic heterocycles. The second-order valence-corrected chi connectivity index (χ2v) is 5.86. The Morgan fingerprint density at radius 1 is 1.39 bits per heavy atom. The average Bonchev–Trinajstić information content (AvgIpc) is 2.96. The second kappa shape index (κ2) is 6.53. The fourth-order valence-corrected chi connectivity index (χ4v) is 3.69. The quantitative estimate of drug-likeness (QED) is 0.670. The zero-order valence-electron chi connectivity index (χ0n) is 11.6. The van der Waals surface area contributed by atoms with Gasteiger partial charge in [-0.05, 0) is 43.9 Å². The van der Waals surface area contributed by atoms with Gasteiger partial charge in [-0.1, -0.05) is 6.42 Å². The van der Waals surface area contributed by atoms with Crippen molar-refractivity contribution >= 4 is 5.91 Å². The normalized spacial score (nSPS) is 31.6. The molecule has 0 aromatic rings. The van der Waals surface area contributed by atoms with Crippen LogP contribution in [0.2, 0.25) is 0 Å². The Morgan fingerprint density at radius 2 is 2.22 bits per heavy atom. The zero-order valence-corrected chi connectivity index (χ0v) is 11.6. The van der Waals surface area contributed by atoms with Gasteiger partial charge in [-0.3, -0.25) is 4.79 Å². The minimum absolute atomic E-state index is 0.112. The Hall–Kier alpha value is -0.610. The van der Waals surface area contributed by atoms with Gasteiger partial charge in [0.1, 0.15) is 0 Å². The van der Waals surface area contributed by atoms with Crippen LogP contribution in [0.5, 0.6) is 0 Å². The first-order chi connectivity index (χ1) is 8.70. The van der Waals surface area contributed by atoms with E-state index >= 15 is 0 Å². The topological polar surface area (TPSA) is 50.4 Å². The largest absolute Gasteiger partial charge is 0.383 e. The van der Waals surface area contributed by atoms with Crippen molar-refractivity contribution in [2.75, 3.05) is 26.8 Å². The first-order valence-corrected chi connectivity index (χ1v) is 7.19. The molecule has 2 saturated carbocycles. The molecular formula is C14H26N2O2. The molecule has 0 saturated heterocycles. The Labute approximate surface area is 110 Å². The summed E-state index contributed by atoms with van der Waals surface area (Å²) < 4.78 is 4.93. The molecular weight excluding hydrogens is 228 g/mol. The van der Waals surface area contributed by atoms with Crippen molar-refractivity contribution in [2.45, 2.75) is 38.6 Å². The van der Waals surface area contributed by atoms with E-state index in [4.69, 9.17) is 4.74 Å². The molecule has 2 aliphatic rings. The van der Waals surface area contributed by atoms with Gasteiger partial charge >= 0.3 is 0 Å². The number of fused-ring (bicyclic) bond motifs is 2. The van der Waals surface area contributed by atoms with E-state index in [-0.39, 0.29) is 5.91 Å². The smallest absolute Gasteiger partial charge is 0.234 e. The van der Waals surface area contributed by atoms with E-state index in [1.54, 1.807) is 7.11 Å². The third-order valence-corrected chi connectivity index (χ3v) is 4.59. The van der Waals surface area contributed by atoms with E-state index in [0.29, 0.717) is 25.1 Å². The number of hydrogen-bond acceptors (Lipinski definition) is 3. The van der Waals surface area contributed by atoms with Crippen molar-refractivity contribution in [3.05, 3.63) is 0 Å². The summed E-state index contributed by atoms with van der Waals surface area (Å²) in [6.07, 6.45) is 5.52. The fourth-order valence-electron chi connectivity index (χ4n) is 3.69. The van der Waals surface area contributed by atoms with Crippen LogP contribution in [0.1, 0.15) is 32.6 Å². The van der Waals surface area contributed by atoms with E-state index in [9.17, 15) is 4.79 Å². The minimum Gasteiger partial charge on any atom is -0.383 e. The lowest BCUT2D eigenvalue weighted by molar-refractivity contribution is -0.121. The predicted octanol–water partition coefficient (Wildman–Crippen LogP) is 1.16. The van der Waals surface area contributed by atoms with E-state index < -0.39 is 0 Å². The monoisotopic (exact) mass is 254 g/mol. The summed E-state index contributed by atoms with van der Waals surface area (Å²) in [5.41, 5.74) is 0. The van der Waals surface area contributed by atoms with Gasteiger partial charge in [0.2, 0.25) is 5.91 Å². The van der Waals surface area contributed by atoms with Gasteiger partial charge in [-0.15, -0.1) is 0 Å². The maximum atomic E-state index is 11.8. The molecule has 0 spiro atoms. The third kappa shape index (κ3) is 3.45. The van der Waals surface area contributed by atoms with Crippen LogP contribution in [0.3, 0.4) is 0 Å². The van der Waals surface area contributed by atoms with Gasteiger partial charge in [0, 0.05) is 19.7 Å². The number of nitrogens with one attached hydrogen (secondary N) is 2. The number of methoxy groups -OCH3 is 1. The Bertz CT molecular complexity index is 283. The molecule has 2 N–H and O–H groups in total. The lowest BCUT2D eigenvalue weighted by Crippen LogP contribution is -2.44. The number of hydrogen-bond donors (Lipinski definition) is 2. The average molecular weight is 254 g/mol. The minimum atomic E-state index is 0.112. The maximum Gasteiger partial charge on any atom is 0.234 e.